The molecule has 1 unspecified atom stereocenters. The van der Waals surface area contributed by atoms with Gasteiger partial charge in [0.15, 0.2) is 0 Å². The van der Waals surface area contributed by atoms with E-state index < -0.39 is 17.2 Å². The summed E-state index contributed by atoms with van der Waals surface area (Å²) < 4.78 is 5.34. The van der Waals surface area contributed by atoms with Gasteiger partial charge in [0, 0.05) is 30.9 Å². The number of carbonyl (C=O) groups is 3. The fourth-order valence-electron chi connectivity index (χ4n) is 3.81. The number of amides is 2. The van der Waals surface area contributed by atoms with Crippen LogP contribution in [0.4, 0.5) is 11.4 Å². The third kappa shape index (κ3) is 5.95. The molecule has 1 atom stereocenters. The number of hydrogen-bond acceptors (Lipinski definition) is 7. The standard InChI is InChI=1S/C22H31N3O5/c1-21(2,3)30-19(27)14-22(29)10-12-25(13-11-22)16-6-4-15(5-7-16)23-17-8-9-18(26)24-20(17)28/h4-7,17,23,29H,8-14H2,1-3H3,(H,24,26,28). The van der Waals surface area contributed by atoms with Crippen LogP contribution in [0.25, 0.3) is 0 Å². The van der Waals surface area contributed by atoms with Gasteiger partial charge in [0.25, 0.3) is 0 Å². The van der Waals surface area contributed by atoms with Crippen LogP contribution in [0.3, 0.4) is 0 Å². The maximum Gasteiger partial charge on any atom is 0.309 e. The fourth-order valence-corrected chi connectivity index (χ4v) is 3.81. The lowest BCUT2D eigenvalue weighted by atomic mass is 9.88. The number of anilines is 2. The molecule has 2 saturated heterocycles. The van der Waals surface area contributed by atoms with Gasteiger partial charge in [0.1, 0.15) is 11.6 Å². The third-order valence-corrected chi connectivity index (χ3v) is 5.40. The minimum absolute atomic E-state index is 0.00687. The van der Waals surface area contributed by atoms with Crippen LogP contribution < -0.4 is 15.5 Å². The number of aliphatic hydroxyl groups is 1. The molecule has 2 aliphatic rings. The van der Waals surface area contributed by atoms with Crippen LogP contribution in [0.1, 0.15) is 52.9 Å². The molecule has 2 fully saturated rings. The molecule has 0 saturated carbocycles. The lowest BCUT2D eigenvalue weighted by Crippen LogP contribution is -2.47. The largest absolute Gasteiger partial charge is 0.460 e. The highest BCUT2D eigenvalue weighted by molar-refractivity contribution is 6.01. The van der Waals surface area contributed by atoms with Gasteiger partial charge in [-0.2, -0.15) is 0 Å². The number of esters is 1. The Hall–Kier alpha value is -2.61. The Bertz CT molecular complexity index is 792. The molecule has 1 aromatic carbocycles. The second-order valence-corrected chi connectivity index (χ2v) is 9.17. The van der Waals surface area contributed by atoms with Crippen molar-refractivity contribution in [3.05, 3.63) is 24.3 Å². The Balaban J connectivity index is 1.51. The number of hydrogen-bond donors (Lipinski definition) is 3. The van der Waals surface area contributed by atoms with Crippen molar-refractivity contribution in [3.8, 4) is 0 Å². The highest BCUT2D eigenvalue weighted by Gasteiger charge is 2.36. The van der Waals surface area contributed by atoms with E-state index >= 15 is 0 Å². The second kappa shape index (κ2) is 8.63. The molecule has 2 amide bonds. The van der Waals surface area contributed by atoms with Gasteiger partial charge in [-0.1, -0.05) is 0 Å². The van der Waals surface area contributed by atoms with Gasteiger partial charge in [-0.25, -0.2) is 0 Å². The van der Waals surface area contributed by atoms with E-state index in [0.717, 1.165) is 11.4 Å². The maximum atomic E-state index is 12.1. The van der Waals surface area contributed by atoms with Crippen molar-refractivity contribution < 1.29 is 24.2 Å². The Kier molecular flexibility index (Phi) is 6.36. The first-order valence-corrected chi connectivity index (χ1v) is 10.4. The predicted octanol–water partition coefficient (Wildman–Crippen LogP) is 1.97. The highest BCUT2D eigenvalue weighted by atomic mass is 16.6. The van der Waals surface area contributed by atoms with Crippen molar-refractivity contribution in [3.63, 3.8) is 0 Å². The van der Waals surface area contributed by atoms with E-state index in [1.165, 1.54) is 0 Å². The molecule has 8 nitrogen and oxygen atoms in total. The van der Waals surface area contributed by atoms with Crippen LogP contribution in [-0.4, -0.2) is 53.2 Å². The van der Waals surface area contributed by atoms with E-state index in [-0.39, 0.29) is 24.2 Å². The molecular weight excluding hydrogens is 386 g/mol. The monoisotopic (exact) mass is 417 g/mol. The van der Waals surface area contributed by atoms with Crippen molar-refractivity contribution in [1.82, 2.24) is 5.32 Å². The lowest BCUT2D eigenvalue weighted by Gasteiger charge is -2.39. The Labute approximate surface area is 177 Å². The van der Waals surface area contributed by atoms with E-state index in [4.69, 9.17) is 4.74 Å². The number of nitrogens with zero attached hydrogens (tertiary/aromatic N) is 1. The zero-order valence-corrected chi connectivity index (χ0v) is 17.9. The van der Waals surface area contributed by atoms with E-state index in [1.807, 2.05) is 45.0 Å². The van der Waals surface area contributed by atoms with Crippen molar-refractivity contribution in [1.29, 1.82) is 0 Å². The zero-order chi connectivity index (χ0) is 21.9. The number of benzene rings is 1. The van der Waals surface area contributed by atoms with Crippen molar-refractivity contribution in [2.24, 2.45) is 0 Å². The molecule has 30 heavy (non-hydrogen) atoms. The minimum atomic E-state index is -1.04. The van der Waals surface area contributed by atoms with Gasteiger partial charge in [-0.05, 0) is 64.3 Å². The van der Waals surface area contributed by atoms with Gasteiger partial charge >= 0.3 is 5.97 Å². The minimum Gasteiger partial charge on any atom is -0.460 e. The van der Waals surface area contributed by atoms with Crippen molar-refractivity contribution in [2.75, 3.05) is 23.3 Å². The Morgan fingerprint density at radius 3 is 2.43 bits per heavy atom. The Morgan fingerprint density at radius 2 is 1.87 bits per heavy atom. The summed E-state index contributed by atoms with van der Waals surface area (Å²) in [5, 5.41) is 16.3. The number of carbonyl (C=O) groups excluding carboxylic acids is 3. The molecule has 0 radical (unpaired) electrons. The third-order valence-electron chi connectivity index (χ3n) is 5.40. The normalized spacial score (nSPS) is 21.7. The number of rotatable bonds is 5. The van der Waals surface area contributed by atoms with Gasteiger partial charge in [0.05, 0.1) is 12.0 Å². The first-order valence-electron chi connectivity index (χ1n) is 10.4. The molecule has 0 aliphatic carbocycles. The quantitative estimate of drug-likeness (QED) is 0.496. The molecule has 1 aromatic rings. The molecule has 3 rings (SSSR count). The number of piperidine rings is 2. The van der Waals surface area contributed by atoms with Gasteiger partial charge in [0.2, 0.25) is 11.8 Å². The van der Waals surface area contributed by atoms with E-state index in [2.05, 4.69) is 15.5 Å². The maximum absolute atomic E-state index is 12.1. The average molecular weight is 418 g/mol. The van der Waals surface area contributed by atoms with E-state index in [0.29, 0.717) is 38.8 Å². The van der Waals surface area contributed by atoms with E-state index in [1.54, 1.807) is 0 Å². The van der Waals surface area contributed by atoms with Gasteiger partial charge in [-0.3, -0.25) is 19.7 Å². The lowest BCUT2D eigenvalue weighted by molar-refractivity contribution is -0.161. The van der Waals surface area contributed by atoms with Crippen LogP contribution in [0.2, 0.25) is 0 Å². The Morgan fingerprint density at radius 1 is 1.23 bits per heavy atom. The molecule has 0 spiro atoms. The van der Waals surface area contributed by atoms with Crippen LogP contribution in [-0.2, 0) is 19.1 Å². The molecule has 3 N–H and O–H groups in total. The summed E-state index contributed by atoms with van der Waals surface area (Å²) in [4.78, 5) is 37.4. The van der Waals surface area contributed by atoms with Crippen LogP contribution in [0, 0.1) is 0 Å². The summed E-state index contributed by atoms with van der Waals surface area (Å²) >= 11 is 0. The molecule has 0 bridgehead atoms. The predicted molar refractivity (Wildman–Crippen MR) is 113 cm³/mol. The van der Waals surface area contributed by atoms with Crippen LogP contribution in [0.15, 0.2) is 24.3 Å². The summed E-state index contributed by atoms with van der Waals surface area (Å²) in [5.41, 5.74) is 0.235. The molecule has 2 heterocycles. The first-order chi connectivity index (χ1) is 14.0. The van der Waals surface area contributed by atoms with Gasteiger partial charge in [-0.15, -0.1) is 0 Å². The van der Waals surface area contributed by atoms with E-state index in [9.17, 15) is 19.5 Å². The average Bonchev–Trinajstić information content (AvgIpc) is 2.63. The summed E-state index contributed by atoms with van der Waals surface area (Å²) in [5.74, 6) is -0.900. The van der Waals surface area contributed by atoms with Crippen molar-refractivity contribution >= 4 is 29.2 Å². The number of imide groups is 1. The van der Waals surface area contributed by atoms with Crippen LogP contribution >= 0.6 is 0 Å². The summed E-state index contributed by atoms with van der Waals surface area (Å²) in [7, 11) is 0. The van der Waals surface area contributed by atoms with Crippen LogP contribution in [0.5, 0.6) is 0 Å². The molecule has 2 aliphatic heterocycles. The number of nitrogens with one attached hydrogen (secondary N) is 2. The molecular formula is C22H31N3O5. The van der Waals surface area contributed by atoms with Crippen molar-refractivity contribution in [2.45, 2.75) is 70.1 Å². The molecule has 0 aromatic heterocycles. The molecule has 164 valence electrons. The second-order valence-electron chi connectivity index (χ2n) is 9.17. The fraction of sp³-hybridized carbons (Fsp3) is 0.591. The summed E-state index contributed by atoms with van der Waals surface area (Å²) in [6.07, 6.45) is 1.80. The number of ether oxygens (including phenoxy) is 1. The smallest absolute Gasteiger partial charge is 0.309 e. The SMILES string of the molecule is CC(C)(C)OC(=O)CC1(O)CCN(c2ccc(NC3CCC(=O)NC3=O)cc2)CC1. The summed E-state index contributed by atoms with van der Waals surface area (Å²) in [6.45, 7) is 6.72. The summed E-state index contributed by atoms with van der Waals surface area (Å²) in [6, 6.07) is 7.33. The highest BCUT2D eigenvalue weighted by Crippen LogP contribution is 2.30. The first kappa shape index (κ1) is 22.1. The molecule has 8 heteroatoms. The zero-order valence-electron chi connectivity index (χ0n) is 17.9. The topological polar surface area (TPSA) is 108 Å². The van der Waals surface area contributed by atoms with Gasteiger partial charge < -0.3 is 20.1 Å².